The number of nitrogens with one attached hydrogen (secondary N) is 1. The average molecular weight is 309 g/mol. The fraction of sp³-hybridized carbons (Fsp3) is 0.278. The Bertz CT molecular complexity index is 730. The molecule has 0 radical (unpaired) electrons. The minimum atomic E-state index is -0.419. The van der Waals surface area contributed by atoms with E-state index in [9.17, 15) is 9.59 Å². The SMILES string of the molecule is Cc1ccnc(NC(=O)[C@H]2CC(=O)N(C)[C@H]2c2ccccc2)c1. The van der Waals surface area contributed by atoms with E-state index in [1.807, 2.05) is 49.4 Å². The molecular weight excluding hydrogens is 290 g/mol. The summed E-state index contributed by atoms with van der Waals surface area (Å²) in [5.74, 6) is -0.0908. The van der Waals surface area contributed by atoms with Gasteiger partial charge in [0.05, 0.1) is 12.0 Å². The van der Waals surface area contributed by atoms with Crippen molar-refractivity contribution in [1.82, 2.24) is 9.88 Å². The molecule has 0 bridgehead atoms. The largest absolute Gasteiger partial charge is 0.338 e. The Morgan fingerprint density at radius 2 is 2.00 bits per heavy atom. The van der Waals surface area contributed by atoms with E-state index in [0.717, 1.165) is 11.1 Å². The van der Waals surface area contributed by atoms with E-state index in [4.69, 9.17) is 0 Å². The van der Waals surface area contributed by atoms with Crippen molar-refractivity contribution in [3.63, 3.8) is 0 Å². The number of carbonyl (C=O) groups is 2. The zero-order valence-corrected chi connectivity index (χ0v) is 13.2. The second-order valence-electron chi connectivity index (χ2n) is 5.88. The first-order valence-corrected chi connectivity index (χ1v) is 7.60. The van der Waals surface area contributed by atoms with Crippen LogP contribution < -0.4 is 5.32 Å². The number of anilines is 1. The lowest BCUT2D eigenvalue weighted by Gasteiger charge is -2.24. The minimum absolute atomic E-state index is 0.0174. The van der Waals surface area contributed by atoms with E-state index in [1.165, 1.54) is 0 Å². The van der Waals surface area contributed by atoms with Gasteiger partial charge in [-0.05, 0) is 30.2 Å². The van der Waals surface area contributed by atoms with Gasteiger partial charge in [0.2, 0.25) is 11.8 Å². The molecule has 3 rings (SSSR count). The van der Waals surface area contributed by atoms with Crippen molar-refractivity contribution in [1.29, 1.82) is 0 Å². The second kappa shape index (κ2) is 6.20. The van der Waals surface area contributed by atoms with Crippen molar-refractivity contribution in [2.75, 3.05) is 12.4 Å². The van der Waals surface area contributed by atoms with E-state index < -0.39 is 5.92 Å². The number of likely N-dealkylation sites (tertiary alicyclic amines) is 1. The molecule has 0 saturated carbocycles. The predicted molar refractivity (Wildman–Crippen MR) is 87.7 cm³/mol. The maximum atomic E-state index is 12.7. The van der Waals surface area contributed by atoms with Crippen LogP contribution in [0.4, 0.5) is 5.82 Å². The number of aromatic nitrogens is 1. The standard InChI is InChI=1S/C18H19N3O2/c1-12-8-9-19-15(10-12)20-18(23)14-11-16(22)21(2)17(14)13-6-4-3-5-7-13/h3-10,14,17H,11H2,1-2H3,(H,19,20,23)/t14-,17-/m0/s1. The third-order valence-corrected chi connectivity index (χ3v) is 4.23. The van der Waals surface area contributed by atoms with Crippen LogP contribution in [0.5, 0.6) is 0 Å². The summed E-state index contributed by atoms with van der Waals surface area (Å²) >= 11 is 0. The van der Waals surface area contributed by atoms with Crippen molar-refractivity contribution in [2.24, 2.45) is 5.92 Å². The third kappa shape index (κ3) is 3.08. The normalized spacial score (nSPS) is 20.6. The van der Waals surface area contributed by atoms with Gasteiger partial charge in [0.1, 0.15) is 5.82 Å². The molecule has 1 fully saturated rings. The van der Waals surface area contributed by atoms with E-state index in [1.54, 1.807) is 18.1 Å². The van der Waals surface area contributed by atoms with Crippen LogP contribution in [-0.2, 0) is 9.59 Å². The summed E-state index contributed by atoms with van der Waals surface area (Å²) in [4.78, 5) is 30.6. The van der Waals surface area contributed by atoms with E-state index in [-0.39, 0.29) is 24.3 Å². The van der Waals surface area contributed by atoms with Gasteiger partial charge in [-0.2, -0.15) is 0 Å². The minimum Gasteiger partial charge on any atom is -0.338 e. The lowest BCUT2D eigenvalue weighted by atomic mass is 9.93. The van der Waals surface area contributed by atoms with E-state index in [2.05, 4.69) is 10.3 Å². The molecule has 1 aliphatic rings. The average Bonchev–Trinajstić information content (AvgIpc) is 2.84. The van der Waals surface area contributed by atoms with Crippen molar-refractivity contribution in [2.45, 2.75) is 19.4 Å². The van der Waals surface area contributed by atoms with Crippen molar-refractivity contribution < 1.29 is 9.59 Å². The van der Waals surface area contributed by atoms with Gasteiger partial charge >= 0.3 is 0 Å². The van der Waals surface area contributed by atoms with Gasteiger partial charge in [-0.25, -0.2) is 4.98 Å². The summed E-state index contributed by atoms with van der Waals surface area (Å²) < 4.78 is 0. The summed E-state index contributed by atoms with van der Waals surface area (Å²) in [5, 5.41) is 2.84. The van der Waals surface area contributed by atoms with Crippen LogP contribution in [0.2, 0.25) is 0 Å². The number of nitrogens with zero attached hydrogens (tertiary/aromatic N) is 2. The summed E-state index contributed by atoms with van der Waals surface area (Å²) in [5.41, 5.74) is 1.99. The number of aryl methyl sites for hydroxylation is 1. The molecule has 1 N–H and O–H groups in total. The van der Waals surface area contributed by atoms with Gasteiger partial charge in [0, 0.05) is 19.7 Å². The fourth-order valence-electron chi connectivity index (χ4n) is 3.03. The molecule has 1 aliphatic heterocycles. The molecule has 5 heteroatoms. The molecule has 1 saturated heterocycles. The molecule has 1 aromatic heterocycles. The summed E-state index contributed by atoms with van der Waals surface area (Å²) in [6.45, 7) is 1.94. The quantitative estimate of drug-likeness (QED) is 0.948. The van der Waals surface area contributed by atoms with Gasteiger partial charge in [-0.3, -0.25) is 9.59 Å². The smallest absolute Gasteiger partial charge is 0.231 e. The molecule has 2 amide bonds. The first-order chi connectivity index (χ1) is 11.1. The number of benzene rings is 1. The lowest BCUT2D eigenvalue weighted by Crippen LogP contribution is -2.30. The first-order valence-electron chi connectivity index (χ1n) is 7.60. The van der Waals surface area contributed by atoms with Crippen molar-refractivity contribution in [3.05, 3.63) is 59.8 Å². The Labute approximate surface area is 135 Å². The highest BCUT2D eigenvalue weighted by Gasteiger charge is 2.42. The molecule has 0 aliphatic carbocycles. The Balaban J connectivity index is 1.84. The van der Waals surface area contributed by atoms with Gasteiger partial charge < -0.3 is 10.2 Å². The molecule has 0 unspecified atom stereocenters. The maximum absolute atomic E-state index is 12.7. The van der Waals surface area contributed by atoms with E-state index >= 15 is 0 Å². The molecule has 5 nitrogen and oxygen atoms in total. The molecule has 118 valence electrons. The number of hydrogen-bond acceptors (Lipinski definition) is 3. The van der Waals surface area contributed by atoms with Crippen molar-refractivity contribution in [3.8, 4) is 0 Å². The zero-order chi connectivity index (χ0) is 16.4. The van der Waals surface area contributed by atoms with E-state index in [0.29, 0.717) is 5.82 Å². The molecule has 23 heavy (non-hydrogen) atoms. The molecular formula is C18H19N3O2. The fourth-order valence-corrected chi connectivity index (χ4v) is 3.03. The number of pyridine rings is 1. The highest BCUT2D eigenvalue weighted by molar-refractivity contribution is 5.97. The van der Waals surface area contributed by atoms with Crippen LogP contribution in [0, 0.1) is 12.8 Å². The first kappa shape index (κ1) is 15.2. The number of hydrogen-bond donors (Lipinski definition) is 1. The summed E-state index contributed by atoms with van der Waals surface area (Å²) in [6, 6.07) is 13.1. The number of amides is 2. The summed E-state index contributed by atoms with van der Waals surface area (Å²) in [7, 11) is 1.75. The van der Waals surface area contributed by atoms with Crippen LogP contribution >= 0.6 is 0 Å². The molecule has 1 aromatic carbocycles. The Hall–Kier alpha value is -2.69. The summed E-state index contributed by atoms with van der Waals surface area (Å²) in [6.07, 6.45) is 1.87. The second-order valence-corrected chi connectivity index (χ2v) is 5.88. The zero-order valence-electron chi connectivity index (χ0n) is 13.2. The highest BCUT2D eigenvalue weighted by Crippen LogP contribution is 2.37. The Morgan fingerprint density at radius 1 is 1.26 bits per heavy atom. The highest BCUT2D eigenvalue weighted by atomic mass is 16.2. The number of carbonyl (C=O) groups excluding carboxylic acids is 2. The molecule has 0 spiro atoms. The van der Waals surface area contributed by atoms with Crippen LogP contribution in [0.3, 0.4) is 0 Å². The van der Waals surface area contributed by atoms with Crippen LogP contribution in [-0.4, -0.2) is 28.7 Å². The van der Waals surface area contributed by atoms with Gasteiger partial charge in [-0.15, -0.1) is 0 Å². The van der Waals surface area contributed by atoms with Crippen LogP contribution in [0.25, 0.3) is 0 Å². The van der Waals surface area contributed by atoms with Crippen molar-refractivity contribution >= 4 is 17.6 Å². The van der Waals surface area contributed by atoms with Gasteiger partial charge in [0.25, 0.3) is 0 Å². The lowest BCUT2D eigenvalue weighted by molar-refractivity contribution is -0.127. The topological polar surface area (TPSA) is 62.3 Å². The monoisotopic (exact) mass is 309 g/mol. The van der Waals surface area contributed by atoms with Crippen LogP contribution in [0.1, 0.15) is 23.6 Å². The third-order valence-electron chi connectivity index (χ3n) is 4.23. The van der Waals surface area contributed by atoms with Gasteiger partial charge in [-0.1, -0.05) is 30.3 Å². The number of rotatable bonds is 3. The molecule has 2 aromatic rings. The Morgan fingerprint density at radius 3 is 2.70 bits per heavy atom. The maximum Gasteiger partial charge on any atom is 0.231 e. The van der Waals surface area contributed by atoms with Gasteiger partial charge in [0.15, 0.2) is 0 Å². The molecule has 2 atom stereocenters. The Kier molecular flexibility index (Phi) is 4.10. The molecule has 2 heterocycles. The predicted octanol–water partition coefficient (Wildman–Crippen LogP) is 2.55. The van der Waals surface area contributed by atoms with Crippen LogP contribution in [0.15, 0.2) is 48.7 Å².